The number of nitrogens with one attached hydrogen (secondary N) is 1. The summed E-state index contributed by atoms with van der Waals surface area (Å²) in [5.41, 5.74) is 0.995. The van der Waals surface area contributed by atoms with Crippen LogP contribution >= 0.6 is 0 Å². The number of methoxy groups -OCH3 is 1. The molecule has 0 unspecified atom stereocenters. The van der Waals surface area contributed by atoms with Crippen molar-refractivity contribution in [2.24, 2.45) is 0 Å². The van der Waals surface area contributed by atoms with Gasteiger partial charge in [0.15, 0.2) is 0 Å². The molecule has 0 bridgehead atoms. The van der Waals surface area contributed by atoms with Crippen LogP contribution in [0.3, 0.4) is 0 Å². The second-order valence-electron chi connectivity index (χ2n) is 4.28. The molecule has 0 aliphatic heterocycles. The van der Waals surface area contributed by atoms with Gasteiger partial charge in [-0.1, -0.05) is 30.3 Å². The lowest BCUT2D eigenvalue weighted by molar-refractivity contribution is 0.0562. The van der Waals surface area contributed by atoms with Gasteiger partial charge in [0.05, 0.1) is 26.3 Å². The maximum atomic E-state index is 11.3. The van der Waals surface area contributed by atoms with Gasteiger partial charge in [-0.2, -0.15) is 0 Å². The van der Waals surface area contributed by atoms with Crippen molar-refractivity contribution in [1.82, 2.24) is 5.32 Å². The molecule has 1 aromatic carbocycles. The molecule has 0 spiro atoms. The SMILES string of the molecule is COC(=O)c1ccc(CN[C@@H](CO)c2ccccc2)o1. The molecule has 0 saturated carbocycles. The number of benzene rings is 1. The van der Waals surface area contributed by atoms with E-state index < -0.39 is 5.97 Å². The number of hydrogen-bond donors (Lipinski definition) is 2. The molecule has 0 amide bonds. The normalized spacial score (nSPS) is 12.1. The quantitative estimate of drug-likeness (QED) is 0.788. The van der Waals surface area contributed by atoms with Crippen molar-refractivity contribution in [2.45, 2.75) is 12.6 Å². The van der Waals surface area contributed by atoms with Crippen molar-refractivity contribution in [3.8, 4) is 0 Å². The molecule has 2 N–H and O–H groups in total. The fraction of sp³-hybridized carbons (Fsp3) is 0.267. The third-order valence-corrected chi connectivity index (χ3v) is 2.96. The number of furan rings is 1. The summed E-state index contributed by atoms with van der Waals surface area (Å²) in [7, 11) is 1.31. The number of carbonyl (C=O) groups excluding carboxylic acids is 1. The number of ether oxygens (including phenoxy) is 1. The highest BCUT2D eigenvalue weighted by molar-refractivity contribution is 5.86. The van der Waals surface area contributed by atoms with Crippen LogP contribution < -0.4 is 5.32 Å². The van der Waals surface area contributed by atoms with Crippen LogP contribution in [0.4, 0.5) is 0 Å². The van der Waals surface area contributed by atoms with Gasteiger partial charge in [-0.3, -0.25) is 0 Å². The van der Waals surface area contributed by atoms with E-state index in [9.17, 15) is 9.90 Å². The van der Waals surface area contributed by atoms with Gasteiger partial charge < -0.3 is 19.6 Å². The minimum Gasteiger partial charge on any atom is -0.463 e. The molecule has 0 aliphatic rings. The summed E-state index contributed by atoms with van der Waals surface area (Å²) < 4.78 is 9.92. The van der Waals surface area contributed by atoms with Crippen molar-refractivity contribution < 1.29 is 19.1 Å². The van der Waals surface area contributed by atoms with E-state index in [0.717, 1.165) is 5.56 Å². The van der Waals surface area contributed by atoms with Gasteiger partial charge in [-0.15, -0.1) is 0 Å². The zero-order valence-corrected chi connectivity index (χ0v) is 11.2. The van der Waals surface area contributed by atoms with Crippen molar-refractivity contribution in [3.05, 3.63) is 59.5 Å². The maximum Gasteiger partial charge on any atom is 0.373 e. The zero-order chi connectivity index (χ0) is 14.4. The Morgan fingerprint density at radius 2 is 2.05 bits per heavy atom. The predicted molar refractivity (Wildman–Crippen MR) is 73.2 cm³/mol. The minimum absolute atomic E-state index is 0.0193. The molecule has 1 heterocycles. The molecule has 20 heavy (non-hydrogen) atoms. The average Bonchev–Trinajstić information content (AvgIpc) is 2.97. The molecular weight excluding hydrogens is 258 g/mol. The smallest absolute Gasteiger partial charge is 0.373 e. The maximum absolute atomic E-state index is 11.3. The monoisotopic (exact) mass is 275 g/mol. The van der Waals surface area contributed by atoms with Gasteiger partial charge >= 0.3 is 5.97 Å². The fourth-order valence-corrected chi connectivity index (χ4v) is 1.88. The Kier molecular flexibility index (Phi) is 4.92. The second-order valence-corrected chi connectivity index (χ2v) is 4.28. The van der Waals surface area contributed by atoms with Gasteiger partial charge in [0, 0.05) is 0 Å². The number of hydrogen-bond acceptors (Lipinski definition) is 5. The molecule has 0 radical (unpaired) electrons. The molecule has 1 aromatic heterocycles. The highest BCUT2D eigenvalue weighted by Crippen LogP contribution is 2.14. The zero-order valence-electron chi connectivity index (χ0n) is 11.2. The molecule has 106 valence electrons. The van der Waals surface area contributed by atoms with Crippen LogP contribution in [0.2, 0.25) is 0 Å². The second kappa shape index (κ2) is 6.88. The van der Waals surface area contributed by atoms with Gasteiger partial charge in [-0.25, -0.2) is 4.79 Å². The minimum atomic E-state index is -0.502. The van der Waals surface area contributed by atoms with Crippen LogP contribution in [0.25, 0.3) is 0 Å². The summed E-state index contributed by atoms with van der Waals surface area (Å²) in [6.45, 7) is 0.395. The van der Waals surface area contributed by atoms with Crippen molar-refractivity contribution in [1.29, 1.82) is 0 Å². The first-order valence-corrected chi connectivity index (χ1v) is 6.31. The third-order valence-electron chi connectivity index (χ3n) is 2.96. The molecular formula is C15H17NO4. The van der Waals surface area contributed by atoms with Gasteiger partial charge in [0.2, 0.25) is 5.76 Å². The lowest BCUT2D eigenvalue weighted by Gasteiger charge is -2.15. The Labute approximate surface area is 117 Å². The van der Waals surface area contributed by atoms with E-state index in [1.807, 2.05) is 30.3 Å². The lowest BCUT2D eigenvalue weighted by atomic mass is 10.1. The number of esters is 1. The van der Waals surface area contributed by atoms with Gasteiger partial charge in [-0.05, 0) is 17.7 Å². The van der Waals surface area contributed by atoms with Crippen LogP contribution in [0.5, 0.6) is 0 Å². The standard InChI is InChI=1S/C15H17NO4/c1-19-15(18)14-8-7-12(20-14)9-16-13(10-17)11-5-3-2-4-6-11/h2-8,13,16-17H,9-10H2,1H3/t13-/m0/s1. The largest absolute Gasteiger partial charge is 0.463 e. The van der Waals surface area contributed by atoms with E-state index in [1.54, 1.807) is 12.1 Å². The van der Waals surface area contributed by atoms with Gasteiger partial charge in [0.25, 0.3) is 0 Å². The third kappa shape index (κ3) is 3.46. The first kappa shape index (κ1) is 14.3. The Balaban J connectivity index is 1.97. The predicted octanol–water partition coefficient (Wildman–Crippen LogP) is 1.89. The molecule has 2 rings (SSSR count). The number of aliphatic hydroxyl groups is 1. The van der Waals surface area contributed by atoms with Crippen molar-refractivity contribution in [3.63, 3.8) is 0 Å². The molecule has 0 fully saturated rings. The Hall–Kier alpha value is -2.11. The van der Waals surface area contributed by atoms with Crippen molar-refractivity contribution >= 4 is 5.97 Å². The summed E-state index contributed by atoms with van der Waals surface area (Å²) >= 11 is 0. The summed E-state index contributed by atoms with van der Waals surface area (Å²) in [6, 6.07) is 12.7. The number of rotatable bonds is 6. The van der Waals surface area contributed by atoms with Crippen molar-refractivity contribution in [2.75, 3.05) is 13.7 Å². The summed E-state index contributed by atoms with van der Waals surface area (Å²) in [6.07, 6.45) is 0. The molecule has 5 nitrogen and oxygen atoms in total. The van der Waals surface area contributed by atoms with E-state index in [-0.39, 0.29) is 18.4 Å². The van der Waals surface area contributed by atoms with Gasteiger partial charge in [0.1, 0.15) is 5.76 Å². The molecule has 0 saturated heterocycles. The Morgan fingerprint density at radius 3 is 2.70 bits per heavy atom. The average molecular weight is 275 g/mol. The molecule has 1 atom stereocenters. The fourth-order valence-electron chi connectivity index (χ4n) is 1.88. The van der Waals surface area contributed by atoms with Crippen LogP contribution in [0.1, 0.15) is 27.9 Å². The van der Waals surface area contributed by atoms with Crippen LogP contribution in [0, 0.1) is 0 Å². The summed E-state index contributed by atoms with van der Waals surface area (Å²) in [4.78, 5) is 11.3. The van der Waals surface area contributed by atoms with E-state index in [1.165, 1.54) is 7.11 Å². The van der Waals surface area contributed by atoms with Crippen LogP contribution in [-0.4, -0.2) is 24.8 Å². The van der Waals surface area contributed by atoms with E-state index >= 15 is 0 Å². The Morgan fingerprint density at radius 1 is 1.30 bits per heavy atom. The highest BCUT2D eigenvalue weighted by Gasteiger charge is 2.13. The summed E-state index contributed by atoms with van der Waals surface area (Å²) in [5.74, 6) is 0.280. The Bertz CT molecular complexity index is 550. The molecule has 2 aromatic rings. The molecule has 5 heteroatoms. The van der Waals surface area contributed by atoms with E-state index in [2.05, 4.69) is 10.1 Å². The first-order valence-electron chi connectivity index (χ1n) is 6.31. The number of aliphatic hydroxyl groups excluding tert-OH is 1. The molecule has 0 aliphatic carbocycles. The van der Waals surface area contributed by atoms with Crippen LogP contribution in [0.15, 0.2) is 46.9 Å². The van der Waals surface area contributed by atoms with E-state index in [0.29, 0.717) is 12.3 Å². The van der Waals surface area contributed by atoms with Crippen LogP contribution in [-0.2, 0) is 11.3 Å². The highest BCUT2D eigenvalue weighted by atomic mass is 16.5. The topological polar surface area (TPSA) is 71.7 Å². The lowest BCUT2D eigenvalue weighted by Crippen LogP contribution is -2.23. The summed E-state index contributed by atoms with van der Waals surface area (Å²) in [5, 5.41) is 12.6. The van der Waals surface area contributed by atoms with E-state index in [4.69, 9.17) is 4.42 Å². The first-order chi connectivity index (χ1) is 9.74. The number of carbonyl (C=O) groups is 1.